The number of hydrogen-bond acceptors (Lipinski definition) is 10. The Morgan fingerprint density at radius 2 is 1.57 bits per heavy atom. The van der Waals surface area contributed by atoms with E-state index in [0.29, 0.717) is 42.6 Å². The van der Waals surface area contributed by atoms with Gasteiger partial charge in [0.15, 0.2) is 5.78 Å². The van der Waals surface area contributed by atoms with E-state index < -0.39 is 6.10 Å². The van der Waals surface area contributed by atoms with Gasteiger partial charge in [0, 0.05) is 25.1 Å². The van der Waals surface area contributed by atoms with Crippen LogP contribution in [0.2, 0.25) is 0 Å². The van der Waals surface area contributed by atoms with Gasteiger partial charge in [-0.05, 0) is 141 Å². The number of aliphatic hydroxyl groups is 1. The number of nitrogens with zero attached hydrogens (tertiary/aromatic N) is 2. The molecule has 4 fully saturated rings. The number of phenols is 1. The average molecular weight is 856 g/mol. The van der Waals surface area contributed by atoms with Crippen LogP contribution in [0.1, 0.15) is 114 Å². The lowest BCUT2D eigenvalue weighted by Crippen LogP contribution is -2.52. The third kappa shape index (κ3) is 11.8. The molecule has 4 saturated heterocycles. The number of benzene rings is 4. The van der Waals surface area contributed by atoms with Gasteiger partial charge in [-0.1, -0.05) is 86.0 Å². The molecule has 332 valence electrons. The summed E-state index contributed by atoms with van der Waals surface area (Å²) in [5, 5.41) is 24.2. The topological polar surface area (TPSA) is 138 Å². The molecule has 4 aromatic rings. The third-order valence-corrected chi connectivity index (χ3v) is 13.3. The van der Waals surface area contributed by atoms with Gasteiger partial charge in [0.1, 0.15) is 17.6 Å². The van der Waals surface area contributed by atoms with E-state index in [1.807, 2.05) is 78.9 Å². The van der Waals surface area contributed by atoms with Crippen LogP contribution in [0.3, 0.4) is 0 Å². The third-order valence-electron chi connectivity index (χ3n) is 13.3. The lowest BCUT2D eigenvalue weighted by molar-refractivity contribution is -0.114. The highest BCUT2D eigenvalue weighted by atomic mass is 16.6. The average Bonchev–Trinajstić information content (AvgIpc) is 3.31. The fourth-order valence-corrected chi connectivity index (χ4v) is 9.60. The highest BCUT2D eigenvalue weighted by Crippen LogP contribution is 2.35. The Bertz CT molecular complexity index is 2190. The molecule has 4 aromatic carbocycles. The Morgan fingerprint density at radius 3 is 2.33 bits per heavy atom. The second-order valence-electron chi connectivity index (χ2n) is 17.8. The molecule has 0 aromatic heterocycles. The highest BCUT2D eigenvalue weighted by Gasteiger charge is 2.37. The van der Waals surface area contributed by atoms with Crippen LogP contribution in [0.15, 0.2) is 97.1 Å². The summed E-state index contributed by atoms with van der Waals surface area (Å²) in [6, 6.07) is 28.7. The number of ether oxygens (including phenoxy) is 3. The number of carbonyl (C=O) groups is 3. The number of hydrogen-bond donors (Lipinski definition) is 3. The quantitative estimate of drug-likeness (QED) is 0.0660. The van der Waals surface area contributed by atoms with E-state index >= 15 is 0 Å². The Hall–Kier alpha value is -5.49. The van der Waals surface area contributed by atoms with Crippen LogP contribution < -0.4 is 10.1 Å². The Kier molecular flexibility index (Phi) is 14.9. The zero-order chi connectivity index (χ0) is 43.5. The number of aliphatic hydroxyl groups excluding tert-OH is 1. The van der Waals surface area contributed by atoms with Gasteiger partial charge in [-0.2, -0.15) is 0 Å². The van der Waals surface area contributed by atoms with Gasteiger partial charge in [-0.25, -0.2) is 9.59 Å². The minimum Gasteiger partial charge on any atom is -0.508 e. The van der Waals surface area contributed by atoms with Crippen molar-refractivity contribution < 1.29 is 38.8 Å². The number of esters is 1. The molecule has 2 bridgehead atoms. The van der Waals surface area contributed by atoms with E-state index in [2.05, 4.69) is 15.1 Å². The summed E-state index contributed by atoms with van der Waals surface area (Å²) in [6.07, 6.45) is 10.4. The first-order chi connectivity index (χ1) is 30.8. The number of amides is 1. The molecule has 4 aliphatic heterocycles. The summed E-state index contributed by atoms with van der Waals surface area (Å²) >= 11 is 0. The lowest BCUT2D eigenvalue weighted by atomic mass is 9.86. The van der Waals surface area contributed by atoms with Crippen molar-refractivity contribution in [2.24, 2.45) is 11.8 Å². The van der Waals surface area contributed by atoms with Crippen molar-refractivity contribution >= 4 is 23.9 Å². The minimum atomic E-state index is -0.677. The molecule has 1 amide bonds. The summed E-state index contributed by atoms with van der Waals surface area (Å²) in [5.41, 5.74) is 5.70. The number of nitrogens with one attached hydrogen (secondary N) is 1. The number of rotatable bonds is 18. The Labute approximate surface area is 371 Å². The predicted molar refractivity (Wildman–Crippen MR) is 241 cm³/mol. The molecule has 1 unspecified atom stereocenters. The molecule has 5 aliphatic rings. The van der Waals surface area contributed by atoms with Gasteiger partial charge in [-0.3, -0.25) is 14.6 Å². The smallest absolute Gasteiger partial charge is 0.408 e. The maximum Gasteiger partial charge on any atom is 0.408 e. The summed E-state index contributed by atoms with van der Waals surface area (Å²) in [6.45, 7) is 6.75. The molecule has 9 rings (SSSR count). The first kappa shape index (κ1) is 44.1. The van der Waals surface area contributed by atoms with Crippen molar-refractivity contribution in [3.8, 4) is 11.5 Å². The van der Waals surface area contributed by atoms with Gasteiger partial charge in [0.05, 0.1) is 30.9 Å². The Balaban J connectivity index is 0.721. The molecule has 63 heavy (non-hydrogen) atoms. The first-order valence-corrected chi connectivity index (χ1v) is 22.9. The monoisotopic (exact) mass is 855 g/mol. The maximum atomic E-state index is 13.3. The van der Waals surface area contributed by atoms with Crippen molar-refractivity contribution in [2.75, 3.05) is 45.9 Å². The molecule has 0 spiro atoms. The zero-order valence-corrected chi connectivity index (χ0v) is 36.2. The Morgan fingerprint density at radius 1 is 0.810 bits per heavy atom. The van der Waals surface area contributed by atoms with Crippen LogP contribution in [0.5, 0.6) is 11.5 Å². The largest absolute Gasteiger partial charge is 0.508 e. The summed E-state index contributed by atoms with van der Waals surface area (Å²) in [4.78, 5) is 42.7. The van der Waals surface area contributed by atoms with E-state index in [-0.39, 0.29) is 42.2 Å². The van der Waals surface area contributed by atoms with E-state index in [4.69, 9.17) is 14.2 Å². The second-order valence-corrected chi connectivity index (χ2v) is 17.8. The normalized spacial score (nSPS) is 20.7. The van der Waals surface area contributed by atoms with Gasteiger partial charge < -0.3 is 29.7 Å². The number of alkyl carbamates (subject to hydrolysis) is 1. The van der Waals surface area contributed by atoms with Crippen LogP contribution >= 0.6 is 0 Å². The maximum absolute atomic E-state index is 13.3. The molecule has 3 atom stereocenters. The van der Waals surface area contributed by atoms with Gasteiger partial charge in [0.2, 0.25) is 0 Å². The fourth-order valence-electron chi connectivity index (χ4n) is 9.60. The number of fused-ring (bicyclic) bond motifs is 4. The van der Waals surface area contributed by atoms with Crippen LogP contribution in [-0.2, 0) is 27.2 Å². The summed E-state index contributed by atoms with van der Waals surface area (Å²) in [7, 11) is 0. The van der Waals surface area contributed by atoms with Crippen molar-refractivity contribution in [3.05, 3.63) is 136 Å². The van der Waals surface area contributed by atoms with Crippen LogP contribution in [0, 0.1) is 11.8 Å². The molecule has 0 radical (unpaired) electrons. The molecule has 0 saturated carbocycles. The molecule has 3 N–H and O–H groups in total. The van der Waals surface area contributed by atoms with Crippen LogP contribution in [0.4, 0.5) is 4.79 Å². The van der Waals surface area contributed by atoms with Crippen LogP contribution in [0.25, 0.3) is 6.08 Å². The number of aromatic hydroxyl groups is 1. The number of phenolic OH excluding ortho intramolecular Hbond substituents is 1. The molecule has 11 nitrogen and oxygen atoms in total. The lowest BCUT2D eigenvalue weighted by Gasteiger charge is -2.43. The molecule has 1 aliphatic carbocycles. The van der Waals surface area contributed by atoms with Crippen LogP contribution in [-0.4, -0.2) is 89.9 Å². The standard InChI is InChI=1S/C52H61N3O8/c56-42-18-19-44-45(20-21-48(58)46(44)32-42)47(57)13-6-1-2-7-30-61-51(59)40-16-14-36(15-17-40)33-54-26-22-37(23-27-54)35-62-43-12-8-11-41(31-43)50(39-9-4-3-5-10-39)53-52(60)63-49-34-55-28-24-38(49)25-29-55/h3-5,8-12,14-21,31,37-38,47,49-50,57-58H,1-2,6-7,13,22-30,32-35H2,(H,53,60)/t47-,49-,50?/m0/s1. The van der Waals surface area contributed by atoms with E-state index in [9.17, 15) is 24.6 Å². The molecular weight excluding hydrogens is 795 g/mol. The minimum absolute atomic E-state index is 0.0585. The first-order valence-electron chi connectivity index (χ1n) is 22.9. The van der Waals surface area contributed by atoms with E-state index in [0.717, 1.165) is 124 Å². The summed E-state index contributed by atoms with van der Waals surface area (Å²) < 4.78 is 17.9. The van der Waals surface area contributed by atoms with Gasteiger partial charge in [-0.15, -0.1) is 0 Å². The summed E-state index contributed by atoms with van der Waals surface area (Å²) in [5.74, 6) is 1.38. The number of unbranched alkanes of at least 4 members (excludes halogenated alkanes) is 3. The van der Waals surface area contributed by atoms with Gasteiger partial charge >= 0.3 is 12.1 Å². The molecule has 11 heteroatoms. The second kappa shape index (κ2) is 21.3. The SMILES string of the molecule is O=C1C=Cc2c([C@@H](O)CCCCCCOC(=O)c3ccc(CN4CCC(COc5cccc(C(NC(=O)O[C@H]6CN7CCC6CC7)c6ccccc6)c5)CC4)cc3)ccc(O)c2C1. The van der Waals surface area contributed by atoms with Gasteiger partial charge in [0.25, 0.3) is 0 Å². The molecular formula is C52H61N3O8. The van der Waals surface area contributed by atoms with Crippen molar-refractivity contribution in [1.82, 2.24) is 15.1 Å². The van der Waals surface area contributed by atoms with Crippen molar-refractivity contribution in [1.29, 1.82) is 0 Å². The number of piperidine rings is 4. The predicted octanol–water partition coefficient (Wildman–Crippen LogP) is 8.57. The number of allylic oxidation sites excluding steroid dienone is 1. The van der Waals surface area contributed by atoms with Crippen molar-refractivity contribution in [2.45, 2.75) is 89.0 Å². The fraction of sp³-hybridized carbons (Fsp3) is 0.442. The number of carbonyl (C=O) groups excluding carboxylic acids is 3. The molecule has 4 heterocycles. The van der Waals surface area contributed by atoms with E-state index in [1.165, 1.54) is 6.08 Å². The van der Waals surface area contributed by atoms with E-state index in [1.54, 1.807) is 18.2 Å². The number of likely N-dealkylation sites (tertiary alicyclic amines) is 1. The van der Waals surface area contributed by atoms with Crippen molar-refractivity contribution in [3.63, 3.8) is 0 Å². The number of ketones is 1. The zero-order valence-electron chi connectivity index (χ0n) is 36.2. The highest BCUT2D eigenvalue weighted by molar-refractivity contribution is 5.99.